The Morgan fingerprint density at radius 3 is 1.80 bits per heavy atom. The minimum Gasteiger partial charge on any atom is -0.549 e. The summed E-state index contributed by atoms with van der Waals surface area (Å²) in [6.45, 7) is 0. The summed E-state index contributed by atoms with van der Waals surface area (Å²) in [4.78, 5) is 20.3. The second kappa shape index (κ2) is 5.93. The predicted molar refractivity (Wildman–Crippen MR) is 51.4 cm³/mol. The van der Waals surface area contributed by atoms with Crippen LogP contribution in [0.25, 0.3) is 0 Å². The van der Waals surface area contributed by atoms with E-state index in [4.69, 9.17) is 0 Å². The van der Waals surface area contributed by atoms with Crippen molar-refractivity contribution in [2.24, 2.45) is 0 Å². The Labute approximate surface area is 97.1 Å². The zero-order valence-corrected chi connectivity index (χ0v) is 9.62. The van der Waals surface area contributed by atoms with Crippen LogP contribution in [0.15, 0.2) is 8.68 Å². The fraction of sp³-hybridized carbons (Fsp3) is 0.333. The Balaban J connectivity index is 2.41. The first-order valence-electron chi connectivity index (χ1n) is 3.56. The summed E-state index contributed by atoms with van der Waals surface area (Å²) >= 11 is 3.12. The third-order valence-corrected chi connectivity index (χ3v) is 4.15. The van der Waals surface area contributed by atoms with Crippen LogP contribution in [0.3, 0.4) is 0 Å². The number of hydrogen-bond acceptors (Lipinski definition) is 9. The molecule has 0 aliphatic heterocycles. The van der Waals surface area contributed by atoms with Gasteiger partial charge in [-0.15, -0.1) is 10.2 Å². The number of carboxylic acids is 2. The standard InChI is InChI=1S/C6H6N2O4S3/c9-3(10)1-13-5-7-8-6(15-5)14-2-4(11)12/h1-2H2,(H,9,10)(H,11,12)/p-2. The van der Waals surface area contributed by atoms with Gasteiger partial charge in [-0.05, 0) is 0 Å². The van der Waals surface area contributed by atoms with Gasteiger partial charge >= 0.3 is 0 Å². The second-order valence-electron chi connectivity index (χ2n) is 2.16. The Hall–Kier alpha value is -0.800. The molecule has 0 aliphatic carbocycles. The molecule has 0 unspecified atom stereocenters. The number of carboxylic acid groups (broad SMARTS) is 2. The van der Waals surface area contributed by atoms with Gasteiger partial charge < -0.3 is 19.8 Å². The molecule has 1 aromatic rings. The molecule has 15 heavy (non-hydrogen) atoms. The van der Waals surface area contributed by atoms with E-state index in [1.54, 1.807) is 0 Å². The maximum Gasteiger partial charge on any atom is 0.175 e. The van der Waals surface area contributed by atoms with E-state index in [9.17, 15) is 19.8 Å². The zero-order chi connectivity index (χ0) is 11.3. The molecule has 0 saturated heterocycles. The van der Waals surface area contributed by atoms with Crippen LogP contribution in [0.4, 0.5) is 0 Å². The second-order valence-corrected chi connectivity index (χ2v) is 5.58. The van der Waals surface area contributed by atoms with Gasteiger partial charge in [-0.2, -0.15) is 0 Å². The fourth-order valence-corrected chi connectivity index (χ4v) is 3.00. The average Bonchev–Trinajstić information content (AvgIpc) is 2.59. The molecule has 0 fully saturated rings. The van der Waals surface area contributed by atoms with Crippen molar-refractivity contribution >= 4 is 46.8 Å². The molecule has 0 atom stereocenters. The first-order valence-corrected chi connectivity index (χ1v) is 6.35. The molecule has 0 spiro atoms. The van der Waals surface area contributed by atoms with Gasteiger partial charge in [0.25, 0.3) is 0 Å². The lowest BCUT2D eigenvalue weighted by Gasteiger charge is -1.97. The van der Waals surface area contributed by atoms with Gasteiger partial charge in [-0.25, -0.2) is 0 Å². The number of nitrogens with zero attached hydrogens (tertiary/aromatic N) is 2. The summed E-state index contributed by atoms with van der Waals surface area (Å²) in [5.41, 5.74) is 0. The molecular formula is C6H4N2O4S3-2. The third-order valence-electron chi connectivity index (χ3n) is 1.01. The summed E-state index contributed by atoms with van der Waals surface area (Å²) in [5.74, 6) is -2.75. The van der Waals surface area contributed by atoms with E-state index in [0.29, 0.717) is 8.68 Å². The van der Waals surface area contributed by atoms with Gasteiger partial charge in [-0.1, -0.05) is 34.9 Å². The predicted octanol–water partition coefficient (Wildman–Crippen LogP) is -1.78. The van der Waals surface area contributed by atoms with Crippen LogP contribution in [0, 0.1) is 0 Å². The lowest BCUT2D eigenvalue weighted by Crippen LogP contribution is -2.24. The highest BCUT2D eigenvalue weighted by atomic mass is 32.2. The largest absolute Gasteiger partial charge is 0.549 e. The Morgan fingerprint density at radius 2 is 1.47 bits per heavy atom. The van der Waals surface area contributed by atoms with Gasteiger partial charge in [0.1, 0.15) is 0 Å². The Morgan fingerprint density at radius 1 is 1.07 bits per heavy atom. The van der Waals surface area contributed by atoms with Crippen LogP contribution < -0.4 is 10.2 Å². The highest BCUT2D eigenvalue weighted by Gasteiger charge is 2.05. The van der Waals surface area contributed by atoms with E-state index in [1.807, 2.05) is 0 Å². The normalized spacial score (nSPS) is 10.1. The van der Waals surface area contributed by atoms with Crippen molar-refractivity contribution in [2.75, 3.05) is 11.5 Å². The molecule has 82 valence electrons. The van der Waals surface area contributed by atoms with Gasteiger partial charge in [0, 0.05) is 11.5 Å². The van der Waals surface area contributed by atoms with E-state index < -0.39 is 11.9 Å². The van der Waals surface area contributed by atoms with Crippen molar-refractivity contribution in [1.82, 2.24) is 10.2 Å². The zero-order valence-electron chi connectivity index (χ0n) is 7.17. The molecule has 0 radical (unpaired) electrons. The topological polar surface area (TPSA) is 106 Å². The van der Waals surface area contributed by atoms with Crippen LogP contribution in [0.1, 0.15) is 0 Å². The summed E-state index contributed by atoms with van der Waals surface area (Å²) in [7, 11) is 0. The van der Waals surface area contributed by atoms with Crippen LogP contribution in [0.2, 0.25) is 0 Å². The van der Waals surface area contributed by atoms with E-state index in [0.717, 1.165) is 34.9 Å². The van der Waals surface area contributed by atoms with Gasteiger partial charge in [0.05, 0.1) is 11.9 Å². The number of aliphatic carboxylic acids is 2. The summed E-state index contributed by atoms with van der Waals surface area (Å²) < 4.78 is 0.945. The van der Waals surface area contributed by atoms with E-state index in [-0.39, 0.29) is 11.5 Å². The third kappa shape index (κ3) is 5.00. The molecule has 1 heterocycles. The minimum atomic E-state index is -1.18. The molecular weight excluding hydrogens is 260 g/mol. The molecule has 1 aromatic heterocycles. The van der Waals surface area contributed by atoms with Crippen molar-refractivity contribution in [3.05, 3.63) is 0 Å². The lowest BCUT2D eigenvalue weighted by molar-refractivity contribution is -0.302. The maximum atomic E-state index is 10.1. The number of carbonyl (C=O) groups excluding carboxylic acids is 2. The average molecular weight is 264 g/mol. The van der Waals surface area contributed by atoms with Crippen LogP contribution in [-0.4, -0.2) is 33.6 Å². The summed E-state index contributed by atoms with van der Waals surface area (Å²) in [6.07, 6.45) is 0. The van der Waals surface area contributed by atoms with Crippen LogP contribution in [0.5, 0.6) is 0 Å². The Kier molecular flexibility index (Phi) is 4.85. The van der Waals surface area contributed by atoms with E-state index in [1.165, 1.54) is 0 Å². The number of thioether (sulfide) groups is 2. The molecule has 0 bridgehead atoms. The van der Waals surface area contributed by atoms with Gasteiger partial charge in [0.2, 0.25) is 0 Å². The van der Waals surface area contributed by atoms with Crippen molar-refractivity contribution in [3.63, 3.8) is 0 Å². The first-order chi connectivity index (χ1) is 7.08. The molecule has 0 aromatic carbocycles. The first kappa shape index (κ1) is 12.3. The molecule has 0 saturated carbocycles. The highest BCUT2D eigenvalue weighted by molar-refractivity contribution is 8.03. The minimum absolute atomic E-state index is 0.195. The van der Waals surface area contributed by atoms with Crippen molar-refractivity contribution in [3.8, 4) is 0 Å². The molecule has 6 nitrogen and oxygen atoms in total. The monoisotopic (exact) mass is 264 g/mol. The quantitative estimate of drug-likeness (QED) is 0.555. The number of hydrogen-bond donors (Lipinski definition) is 0. The lowest BCUT2D eigenvalue weighted by atomic mass is 10.8. The number of rotatable bonds is 6. The Bertz CT molecular complexity index is 335. The maximum absolute atomic E-state index is 10.1. The van der Waals surface area contributed by atoms with Crippen LogP contribution in [-0.2, 0) is 9.59 Å². The fourth-order valence-electron chi connectivity index (χ4n) is 0.555. The molecule has 0 amide bonds. The van der Waals surface area contributed by atoms with Crippen molar-refractivity contribution in [2.45, 2.75) is 8.68 Å². The van der Waals surface area contributed by atoms with E-state index in [2.05, 4.69) is 10.2 Å². The van der Waals surface area contributed by atoms with E-state index >= 15 is 0 Å². The molecule has 0 N–H and O–H groups in total. The van der Waals surface area contributed by atoms with Crippen molar-refractivity contribution in [1.29, 1.82) is 0 Å². The van der Waals surface area contributed by atoms with Gasteiger partial charge in [-0.3, -0.25) is 0 Å². The summed E-state index contributed by atoms with van der Waals surface area (Å²) in [6, 6.07) is 0. The SMILES string of the molecule is O=C([O-])CSc1nnc(SCC(=O)[O-])s1. The molecule has 9 heteroatoms. The van der Waals surface area contributed by atoms with Crippen LogP contribution >= 0.6 is 34.9 Å². The van der Waals surface area contributed by atoms with Gasteiger partial charge in [0.15, 0.2) is 8.68 Å². The number of aromatic nitrogens is 2. The highest BCUT2D eigenvalue weighted by Crippen LogP contribution is 2.28. The van der Waals surface area contributed by atoms with Crippen molar-refractivity contribution < 1.29 is 19.8 Å². The molecule has 0 aliphatic rings. The summed E-state index contributed by atoms with van der Waals surface area (Å²) in [5, 5.41) is 27.6. The molecule has 1 rings (SSSR count). The smallest absolute Gasteiger partial charge is 0.175 e. The number of carbonyl (C=O) groups is 2.